The highest BCUT2D eigenvalue weighted by Crippen LogP contribution is 2.39. The molecule has 2 heteroatoms. The summed E-state index contributed by atoms with van der Waals surface area (Å²) in [7, 11) is 0. The fraction of sp³-hybridized carbons (Fsp3) is 1.00. The normalized spacial score (nSPS) is 43.6. The van der Waals surface area contributed by atoms with Crippen molar-refractivity contribution >= 4 is 0 Å². The Kier molecular flexibility index (Phi) is 3.84. The second-order valence-electron chi connectivity index (χ2n) is 7.20. The fourth-order valence-electron chi connectivity index (χ4n) is 3.88. The van der Waals surface area contributed by atoms with E-state index in [1.807, 2.05) is 0 Å². The van der Waals surface area contributed by atoms with Gasteiger partial charge in [0.15, 0.2) is 0 Å². The van der Waals surface area contributed by atoms with E-state index in [1.165, 1.54) is 38.6 Å². The quantitative estimate of drug-likeness (QED) is 0.761. The lowest BCUT2D eigenvalue weighted by Gasteiger charge is -2.49. The van der Waals surface area contributed by atoms with Gasteiger partial charge in [0.05, 0.1) is 0 Å². The molecule has 1 saturated heterocycles. The van der Waals surface area contributed by atoms with E-state index in [1.54, 1.807) is 0 Å². The summed E-state index contributed by atoms with van der Waals surface area (Å²) in [5.41, 5.74) is 6.73. The van der Waals surface area contributed by atoms with Gasteiger partial charge in [0.1, 0.15) is 0 Å². The highest BCUT2D eigenvalue weighted by Gasteiger charge is 2.38. The van der Waals surface area contributed by atoms with E-state index < -0.39 is 0 Å². The average Bonchev–Trinajstić information content (AvgIpc) is 2.25. The molecule has 2 rings (SSSR count). The van der Waals surface area contributed by atoms with Crippen molar-refractivity contribution in [1.82, 2.24) is 4.90 Å². The lowest BCUT2D eigenvalue weighted by Crippen LogP contribution is -2.56. The number of rotatable bonds is 1. The van der Waals surface area contributed by atoms with Crippen LogP contribution in [0.15, 0.2) is 0 Å². The first-order chi connectivity index (χ1) is 7.91. The summed E-state index contributed by atoms with van der Waals surface area (Å²) in [6.07, 6.45) is 6.76. The first-order valence-electron chi connectivity index (χ1n) is 7.42. The Balaban J connectivity index is 2.02. The molecule has 1 aliphatic carbocycles. The lowest BCUT2D eigenvalue weighted by molar-refractivity contribution is 0.0154. The SMILES string of the molecule is CC1C(N)CCN(C2CCCC(C)(C)C2)C1C. The van der Waals surface area contributed by atoms with Crippen LogP contribution in [0.2, 0.25) is 0 Å². The topological polar surface area (TPSA) is 29.3 Å². The summed E-state index contributed by atoms with van der Waals surface area (Å²) < 4.78 is 0. The predicted molar refractivity (Wildman–Crippen MR) is 74.0 cm³/mol. The zero-order chi connectivity index (χ0) is 12.6. The summed E-state index contributed by atoms with van der Waals surface area (Å²) in [6, 6.07) is 1.89. The molecule has 100 valence electrons. The fourth-order valence-corrected chi connectivity index (χ4v) is 3.88. The molecule has 4 unspecified atom stereocenters. The van der Waals surface area contributed by atoms with Gasteiger partial charge in [-0.1, -0.05) is 27.2 Å². The second-order valence-corrected chi connectivity index (χ2v) is 7.20. The van der Waals surface area contributed by atoms with Crippen LogP contribution < -0.4 is 5.73 Å². The maximum atomic E-state index is 6.19. The third-order valence-corrected chi connectivity index (χ3v) is 5.33. The van der Waals surface area contributed by atoms with E-state index >= 15 is 0 Å². The summed E-state index contributed by atoms with van der Waals surface area (Å²) >= 11 is 0. The molecular weight excluding hydrogens is 208 g/mol. The minimum Gasteiger partial charge on any atom is -0.327 e. The molecule has 17 heavy (non-hydrogen) atoms. The summed E-state index contributed by atoms with van der Waals surface area (Å²) in [6.45, 7) is 10.8. The van der Waals surface area contributed by atoms with Gasteiger partial charge in [-0.15, -0.1) is 0 Å². The van der Waals surface area contributed by atoms with Crippen LogP contribution in [0.25, 0.3) is 0 Å². The van der Waals surface area contributed by atoms with Crippen molar-refractivity contribution in [2.24, 2.45) is 17.1 Å². The van der Waals surface area contributed by atoms with Crippen molar-refractivity contribution in [3.8, 4) is 0 Å². The van der Waals surface area contributed by atoms with Gasteiger partial charge in [-0.2, -0.15) is 0 Å². The number of hydrogen-bond donors (Lipinski definition) is 1. The van der Waals surface area contributed by atoms with Gasteiger partial charge in [0.2, 0.25) is 0 Å². The van der Waals surface area contributed by atoms with E-state index in [-0.39, 0.29) is 0 Å². The first-order valence-corrected chi connectivity index (χ1v) is 7.42. The smallest absolute Gasteiger partial charge is 0.0110 e. The van der Waals surface area contributed by atoms with Crippen molar-refractivity contribution in [3.63, 3.8) is 0 Å². The van der Waals surface area contributed by atoms with Crippen molar-refractivity contribution in [1.29, 1.82) is 0 Å². The van der Waals surface area contributed by atoms with Gasteiger partial charge >= 0.3 is 0 Å². The highest BCUT2D eigenvalue weighted by atomic mass is 15.2. The molecule has 0 aromatic heterocycles. The number of likely N-dealkylation sites (tertiary alicyclic amines) is 1. The zero-order valence-electron chi connectivity index (χ0n) is 12.1. The third-order valence-electron chi connectivity index (χ3n) is 5.33. The van der Waals surface area contributed by atoms with Crippen LogP contribution in [0.5, 0.6) is 0 Å². The lowest BCUT2D eigenvalue weighted by atomic mass is 9.73. The van der Waals surface area contributed by atoms with E-state index in [0.717, 1.165) is 6.04 Å². The number of nitrogens with two attached hydrogens (primary N) is 1. The Bertz CT molecular complexity index is 262. The van der Waals surface area contributed by atoms with Gasteiger partial charge in [0.25, 0.3) is 0 Å². The average molecular weight is 238 g/mol. The Labute approximate surface area is 107 Å². The van der Waals surface area contributed by atoms with Crippen molar-refractivity contribution < 1.29 is 0 Å². The Morgan fingerprint density at radius 3 is 2.53 bits per heavy atom. The molecule has 2 fully saturated rings. The predicted octanol–water partition coefficient (Wildman–Crippen LogP) is 3.01. The Morgan fingerprint density at radius 1 is 1.18 bits per heavy atom. The summed E-state index contributed by atoms with van der Waals surface area (Å²) in [5.74, 6) is 0.647. The zero-order valence-corrected chi connectivity index (χ0v) is 12.1. The van der Waals surface area contributed by atoms with Crippen molar-refractivity contribution in [2.75, 3.05) is 6.54 Å². The monoisotopic (exact) mass is 238 g/mol. The van der Waals surface area contributed by atoms with Crippen LogP contribution >= 0.6 is 0 Å². The van der Waals surface area contributed by atoms with E-state index in [0.29, 0.717) is 23.4 Å². The van der Waals surface area contributed by atoms with E-state index in [4.69, 9.17) is 5.73 Å². The molecule has 1 heterocycles. The summed E-state index contributed by atoms with van der Waals surface area (Å²) in [4.78, 5) is 2.76. The van der Waals surface area contributed by atoms with Crippen LogP contribution in [0.1, 0.15) is 59.8 Å². The van der Waals surface area contributed by atoms with Gasteiger partial charge in [-0.3, -0.25) is 4.90 Å². The molecular formula is C15H30N2. The van der Waals surface area contributed by atoms with Gasteiger partial charge in [0, 0.05) is 24.7 Å². The van der Waals surface area contributed by atoms with Gasteiger partial charge < -0.3 is 5.73 Å². The molecule has 2 aliphatic rings. The summed E-state index contributed by atoms with van der Waals surface area (Å²) in [5, 5.41) is 0. The molecule has 1 saturated carbocycles. The minimum absolute atomic E-state index is 0.415. The van der Waals surface area contributed by atoms with Crippen molar-refractivity contribution in [3.05, 3.63) is 0 Å². The van der Waals surface area contributed by atoms with Gasteiger partial charge in [-0.25, -0.2) is 0 Å². The molecule has 0 bridgehead atoms. The highest BCUT2D eigenvalue weighted by molar-refractivity contribution is 4.93. The molecule has 2 N–H and O–H groups in total. The Morgan fingerprint density at radius 2 is 1.88 bits per heavy atom. The molecule has 0 aromatic rings. The molecule has 0 aromatic carbocycles. The largest absolute Gasteiger partial charge is 0.327 e. The van der Waals surface area contributed by atoms with Crippen molar-refractivity contribution in [2.45, 2.75) is 77.9 Å². The standard InChI is InChI=1S/C15H30N2/c1-11-12(2)17(9-7-14(11)16)13-6-5-8-15(3,4)10-13/h11-14H,5-10,16H2,1-4H3. The number of nitrogens with zero attached hydrogens (tertiary/aromatic N) is 1. The van der Waals surface area contributed by atoms with E-state index in [9.17, 15) is 0 Å². The van der Waals surface area contributed by atoms with Crippen LogP contribution in [0.3, 0.4) is 0 Å². The Hall–Kier alpha value is -0.0800. The number of hydrogen-bond acceptors (Lipinski definition) is 2. The first kappa shape index (κ1) is 13.4. The van der Waals surface area contributed by atoms with Crippen LogP contribution in [-0.2, 0) is 0 Å². The molecule has 0 radical (unpaired) electrons. The van der Waals surface area contributed by atoms with Crippen LogP contribution in [-0.4, -0.2) is 29.6 Å². The molecule has 0 amide bonds. The number of piperidine rings is 1. The maximum absolute atomic E-state index is 6.19. The third kappa shape index (κ3) is 2.85. The molecule has 1 aliphatic heterocycles. The molecule has 0 spiro atoms. The van der Waals surface area contributed by atoms with Crippen LogP contribution in [0, 0.1) is 11.3 Å². The van der Waals surface area contributed by atoms with Crippen LogP contribution in [0.4, 0.5) is 0 Å². The maximum Gasteiger partial charge on any atom is 0.0110 e. The molecule has 4 atom stereocenters. The second kappa shape index (κ2) is 4.89. The molecule has 2 nitrogen and oxygen atoms in total. The minimum atomic E-state index is 0.415. The van der Waals surface area contributed by atoms with E-state index in [2.05, 4.69) is 32.6 Å². The van der Waals surface area contributed by atoms with Gasteiger partial charge in [-0.05, 0) is 43.9 Å².